The maximum atomic E-state index is 3.87. The second kappa shape index (κ2) is 6.44. The number of benzene rings is 2. The molecular weight excluding hydrogens is 254 g/mol. The predicted octanol–water partition coefficient (Wildman–Crippen LogP) is 4.85. The van der Waals surface area contributed by atoms with Crippen LogP contribution in [-0.4, -0.2) is 6.04 Å². The van der Waals surface area contributed by atoms with Crippen LogP contribution in [0.3, 0.4) is 0 Å². The van der Waals surface area contributed by atoms with Gasteiger partial charge in [0, 0.05) is 6.04 Å². The Kier molecular flexibility index (Phi) is 4.40. The standard InChI is InChI=1S/C20H25N/c1-3-4-9-15(2)21-20-18-12-7-5-10-16(18)14-17-11-6-8-13-19(17)20/h5-8,10-13,15,20-21H,3-4,9,14H2,1-2H3. The van der Waals surface area contributed by atoms with Crippen molar-refractivity contribution < 1.29 is 0 Å². The second-order valence-electron chi connectivity index (χ2n) is 6.22. The summed E-state index contributed by atoms with van der Waals surface area (Å²) in [5.41, 5.74) is 5.85. The molecule has 1 nitrogen and oxygen atoms in total. The van der Waals surface area contributed by atoms with Crippen LogP contribution in [0.5, 0.6) is 0 Å². The summed E-state index contributed by atoms with van der Waals surface area (Å²) in [6.45, 7) is 4.58. The minimum atomic E-state index is 0.345. The Morgan fingerprint density at radius 1 is 1.00 bits per heavy atom. The SMILES string of the molecule is CCCCC(C)NC1c2ccccc2Cc2ccccc21. The van der Waals surface area contributed by atoms with Gasteiger partial charge in [-0.3, -0.25) is 0 Å². The van der Waals surface area contributed by atoms with Crippen LogP contribution in [0, 0.1) is 0 Å². The summed E-state index contributed by atoms with van der Waals surface area (Å²) < 4.78 is 0. The molecule has 1 atom stereocenters. The molecule has 2 aromatic carbocycles. The average Bonchev–Trinajstić information content (AvgIpc) is 2.52. The van der Waals surface area contributed by atoms with E-state index in [0.29, 0.717) is 12.1 Å². The zero-order chi connectivity index (χ0) is 14.7. The third kappa shape index (κ3) is 3.03. The Hall–Kier alpha value is -1.60. The van der Waals surface area contributed by atoms with Gasteiger partial charge in [0.25, 0.3) is 0 Å². The molecule has 3 rings (SSSR count). The molecule has 0 aromatic heterocycles. The van der Waals surface area contributed by atoms with Gasteiger partial charge in [0.15, 0.2) is 0 Å². The molecule has 0 amide bonds. The summed E-state index contributed by atoms with van der Waals surface area (Å²) >= 11 is 0. The van der Waals surface area contributed by atoms with E-state index in [9.17, 15) is 0 Å². The third-order valence-corrected chi connectivity index (χ3v) is 4.55. The third-order valence-electron chi connectivity index (χ3n) is 4.55. The van der Waals surface area contributed by atoms with Gasteiger partial charge in [-0.15, -0.1) is 0 Å². The number of unbranched alkanes of at least 4 members (excludes halogenated alkanes) is 1. The fourth-order valence-corrected chi connectivity index (χ4v) is 3.38. The highest BCUT2D eigenvalue weighted by molar-refractivity contribution is 5.48. The summed E-state index contributed by atoms with van der Waals surface area (Å²) in [6, 6.07) is 18.7. The van der Waals surface area contributed by atoms with Crippen molar-refractivity contribution in [2.24, 2.45) is 0 Å². The normalized spacial score (nSPS) is 15.3. The Morgan fingerprint density at radius 2 is 1.57 bits per heavy atom. The van der Waals surface area contributed by atoms with Crippen molar-refractivity contribution in [3.63, 3.8) is 0 Å². The number of hydrogen-bond donors (Lipinski definition) is 1. The molecule has 1 heteroatoms. The molecule has 0 fully saturated rings. The molecule has 0 heterocycles. The first-order valence-corrected chi connectivity index (χ1v) is 8.21. The summed E-state index contributed by atoms with van der Waals surface area (Å²) in [7, 11) is 0. The zero-order valence-electron chi connectivity index (χ0n) is 13.1. The summed E-state index contributed by atoms with van der Waals surface area (Å²) in [6.07, 6.45) is 4.87. The molecule has 0 spiro atoms. The van der Waals surface area contributed by atoms with Crippen molar-refractivity contribution in [3.05, 3.63) is 70.8 Å². The van der Waals surface area contributed by atoms with Crippen LogP contribution in [0.15, 0.2) is 48.5 Å². The first kappa shape index (κ1) is 14.3. The molecule has 2 aromatic rings. The van der Waals surface area contributed by atoms with Gasteiger partial charge in [-0.2, -0.15) is 0 Å². The van der Waals surface area contributed by atoms with Crippen LogP contribution in [-0.2, 0) is 6.42 Å². The molecule has 1 N–H and O–H groups in total. The van der Waals surface area contributed by atoms with Gasteiger partial charge in [-0.25, -0.2) is 0 Å². The van der Waals surface area contributed by atoms with E-state index in [1.807, 2.05) is 0 Å². The van der Waals surface area contributed by atoms with E-state index in [0.717, 1.165) is 6.42 Å². The highest BCUT2D eigenvalue weighted by atomic mass is 14.9. The molecule has 0 saturated carbocycles. The average molecular weight is 279 g/mol. The van der Waals surface area contributed by atoms with Crippen LogP contribution in [0.1, 0.15) is 61.4 Å². The van der Waals surface area contributed by atoms with Crippen molar-refractivity contribution in [3.8, 4) is 0 Å². The zero-order valence-corrected chi connectivity index (χ0v) is 13.1. The van der Waals surface area contributed by atoms with Gasteiger partial charge in [0.1, 0.15) is 0 Å². The summed E-state index contributed by atoms with van der Waals surface area (Å²) in [4.78, 5) is 0. The van der Waals surface area contributed by atoms with Crippen LogP contribution in [0.4, 0.5) is 0 Å². The van der Waals surface area contributed by atoms with Crippen molar-refractivity contribution in [1.82, 2.24) is 5.32 Å². The van der Waals surface area contributed by atoms with Gasteiger partial charge >= 0.3 is 0 Å². The molecule has 0 bridgehead atoms. The number of rotatable bonds is 5. The quantitative estimate of drug-likeness (QED) is 0.825. The van der Waals surface area contributed by atoms with Crippen LogP contribution >= 0.6 is 0 Å². The van der Waals surface area contributed by atoms with Crippen molar-refractivity contribution in [1.29, 1.82) is 0 Å². The first-order chi connectivity index (χ1) is 10.3. The minimum Gasteiger partial charge on any atom is -0.304 e. The number of hydrogen-bond acceptors (Lipinski definition) is 1. The predicted molar refractivity (Wildman–Crippen MR) is 89.7 cm³/mol. The molecule has 110 valence electrons. The van der Waals surface area contributed by atoms with Gasteiger partial charge in [0.2, 0.25) is 0 Å². The topological polar surface area (TPSA) is 12.0 Å². The van der Waals surface area contributed by atoms with Crippen LogP contribution in [0.2, 0.25) is 0 Å². The fourth-order valence-electron chi connectivity index (χ4n) is 3.38. The lowest BCUT2D eigenvalue weighted by Gasteiger charge is -2.31. The lowest BCUT2D eigenvalue weighted by atomic mass is 9.82. The van der Waals surface area contributed by atoms with E-state index in [4.69, 9.17) is 0 Å². The highest BCUT2D eigenvalue weighted by Crippen LogP contribution is 2.35. The largest absolute Gasteiger partial charge is 0.304 e. The van der Waals surface area contributed by atoms with Crippen molar-refractivity contribution in [2.45, 2.75) is 51.6 Å². The molecule has 21 heavy (non-hydrogen) atoms. The van der Waals surface area contributed by atoms with Gasteiger partial charge in [0.05, 0.1) is 6.04 Å². The van der Waals surface area contributed by atoms with Gasteiger partial charge < -0.3 is 5.32 Å². The minimum absolute atomic E-state index is 0.345. The fraction of sp³-hybridized carbons (Fsp3) is 0.400. The number of nitrogens with one attached hydrogen (secondary N) is 1. The van der Waals surface area contributed by atoms with E-state index < -0.39 is 0 Å². The molecule has 1 aliphatic carbocycles. The molecular formula is C20H25N. The molecule has 1 aliphatic rings. The number of fused-ring (bicyclic) bond motifs is 2. The molecule has 0 saturated heterocycles. The van der Waals surface area contributed by atoms with Crippen LogP contribution in [0.25, 0.3) is 0 Å². The molecule has 0 aliphatic heterocycles. The Balaban J connectivity index is 1.91. The first-order valence-electron chi connectivity index (χ1n) is 8.21. The van der Waals surface area contributed by atoms with Crippen molar-refractivity contribution in [2.75, 3.05) is 0 Å². The monoisotopic (exact) mass is 279 g/mol. The second-order valence-corrected chi connectivity index (χ2v) is 6.22. The van der Waals surface area contributed by atoms with E-state index >= 15 is 0 Å². The Bertz CT molecular complexity index is 557. The van der Waals surface area contributed by atoms with Crippen molar-refractivity contribution >= 4 is 0 Å². The van der Waals surface area contributed by atoms with Gasteiger partial charge in [-0.05, 0) is 42.0 Å². The smallest absolute Gasteiger partial charge is 0.0584 e. The van der Waals surface area contributed by atoms with E-state index in [2.05, 4.69) is 67.7 Å². The maximum absolute atomic E-state index is 3.87. The lowest BCUT2D eigenvalue weighted by Crippen LogP contribution is -2.34. The van der Waals surface area contributed by atoms with E-state index in [1.54, 1.807) is 0 Å². The summed E-state index contributed by atoms with van der Waals surface area (Å²) in [5, 5.41) is 3.87. The molecule has 1 unspecified atom stereocenters. The van der Waals surface area contributed by atoms with Crippen LogP contribution < -0.4 is 5.32 Å². The maximum Gasteiger partial charge on any atom is 0.0584 e. The highest BCUT2D eigenvalue weighted by Gasteiger charge is 2.25. The van der Waals surface area contributed by atoms with E-state index in [1.165, 1.54) is 41.5 Å². The summed E-state index contributed by atoms with van der Waals surface area (Å²) in [5.74, 6) is 0. The lowest BCUT2D eigenvalue weighted by molar-refractivity contribution is 0.453. The van der Waals surface area contributed by atoms with Gasteiger partial charge in [-0.1, -0.05) is 68.3 Å². The Labute approximate surface area is 128 Å². The van der Waals surface area contributed by atoms with E-state index in [-0.39, 0.29) is 0 Å². The Morgan fingerprint density at radius 3 is 2.14 bits per heavy atom. The molecule has 0 radical (unpaired) electrons.